The topological polar surface area (TPSA) is 89.6 Å². The van der Waals surface area contributed by atoms with E-state index in [1.807, 2.05) is 20.0 Å². The summed E-state index contributed by atoms with van der Waals surface area (Å²) in [6.45, 7) is 7.81. The van der Waals surface area contributed by atoms with Crippen molar-refractivity contribution in [1.29, 1.82) is 0 Å². The number of aliphatic imine (C=N–C) groups is 1. The zero-order valence-electron chi connectivity index (χ0n) is 17.1. The van der Waals surface area contributed by atoms with Crippen LogP contribution in [0.5, 0.6) is 0 Å². The Balaban J connectivity index is 0.00000392. The van der Waals surface area contributed by atoms with Crippen LogP contribution in [0.1, 0.15) is 25.0 Å². The second kappa shape index (κ2) is 11.6. The maximum Gasteiger partial charge on any atom is 0.215 e. The van der Waals surface area contributed by atoms with E-state index in [9.17, 15) is 8.42 Å². The standard InChI is InChI=1S/C19H31N5O2S.HI/c1-5-24(6-2)27(25,26)12-11-22-19(20-4)21-10-9-16-14-23-18-13-15(3)7-8-17(16)18;/h7-8,13-14,23H,5-6,9-12H2,1-4H3,(H2,20,21,22);1H. The summed E-state index contributed by atoms with van der Waals surface area (Å²) < 4.78 is 25.9. The first-order valence-electron chi connectivity index (χ1n) is 9.40. The van der Waals surface area contributed by atoms with Gasteiger partial charge in [-0.1, -0.05) is 26.0 Å². The van der Waals surface area contributed by atoms with E-state index in [4.69, 9.17) is 0 Å². The van der Waals surface area contributed by atoms with Gasteiger partial charge in [-0.25, -0.2) is 12.7 Å². The van der Waals surface area contributed by atoms with Gasteiger partial charge in [-0.15, -0.1) is 24.0 Å². The molecule has 0 aliphatic carbocycles. The Labute approximate surface area is 185 Å². The fourth-order valence-corrected chi connectivity index (χ4v) is 4.49. The molecule has 9 heteroatoms. The molecular weight excluding hydrogens is 489 g/mol. The SMILES string of the molecule is CCN(CC)S(=O)(=O)CCNC(=NC)NCCc1c[nH]c2cc(C)ccc12.I. The molecule has 28 heavy (non-hydrogen) atoms. The molecule has 0 radical (unpaired) electrons. The van der Waals surface area contributed by atoms with Crippen molar-refractivity contribution in [1.82, 2.24) is 19.9 Å². The van der Waals surface area contributed by atoms with Crippen LogP contribution in [0.25, 0.3) is 10.9 Å². The van der Waals surface area contributed by atoms with Gasteiger partial charge in [-0.3, -0.25) is 4.99 Å². The third-order valence-corrected chi connectivity index (χ3v) is 6.61. The van der Waals surface area contributed by atoms with E-state index in [1.54, 1.807) is 7.05 Å². The van der Waals surface area contributed by atoms with Crippen LogP contribution in [0.15, 0.2) is 29.4 Å². The number of halogens is 1. The first-order chi connectivity index (χ1) is 12.9. The molecule has 7 nitrogen and oxygen atoms in total. The Bertz CT molecular complexity index is 876. The predicted molar refractivity (Wildman–Crippen MR) is 128 cm³/mol. The second-order valence-electron chi connectivity index (χ2n) is 6.44. The molecular formula is C19H32IN5O2S. The lowest BCUT2D eigenvalue weighted by Crippen LogP contribution is -2.42. The van der Waals surface area contributed by atoms with Crippen molar-refractivity contribution in [3.63, 3.8) is 0 Å². The van der Waals surface area contributed by atoms with Gasteiger partial charge in [-0.2, -0.15) is 0 Å². The molecule has 1 heterocycles. The number of sulfonamides is 1. The number of fused-ring (bicyclic) bond motifs is 1. The second-order valence-corrected chi connectivity index (χ2v) is 8.53. The van der Waals surface area contributed by atoms with Crippen LogP contribution < -0.4 is 10.6 Å². The molecule has 0 saturated heterocycles. The van der Waals surface area contributed by atoms with Gasteiger partial charge in [-0.05, 0) is 30.5 Å². The number of hydrogen-bond acceptors (Lipinski definition) is 3. The van der Waals surface area contributed by atoms with Crippen LogP contribution >= 0.6 is 24.0 Å². The number of H-pyrrole nitrogens is 1. The predicted octanol–water partition coefficient (Wildman–Crippen LogP) is 2.47. The molecule has 1 aromatic carbocycles. The lowest BCUT2D eigenvalue weighted by Gasteiger charge is -2.19. The molecule has 2 rings (SSSR count). The van der Waals surface area contributed by atoms with E-state index in [2.05, 4.69) is 45.7 Å². The number of aromatic nitrogens is 1. The number of nitrogens with zero attached hydrogens (tertiary/aromatic N) is 2. The van der Waals surface area contributed by atoms with E-state index in [-0.39, 0.29) is 29.7 Å². The maximum atomic E-state index is 12.2. The fourth-order valence-electron chi connectivity index (χ4n) is 3.09. The average Bonchev–Trinajstić information content (AvgIpc) is 3.03. The Morgan fingerprint density at radius 3 is 2.50 bits per heavy atom. The third kappa shape index (κ3) is 6.63. The van der Waals surface area contributed by atoms with Crippen molar-refractivity contribution in [2.24, 2.45) is 4.99 Å². The summed E-state index contributed by atoms with van der Waals surface area (Å²) in [5.74, 6) is 0.664. The van der Waals surface area contributed by atoms with Gasteiger partial charge in [0.15, 0.2) is 5.96 Å². The zero-order valence-corrected chi connectivity index (χ0v) is 20.2. The summed E-state index contributed by atoms with van der Waals surface area (Å²) in [7, 11) is -1.54. The number of benzene rings is 1. The highest BCUT2D eigenvalue weighted by Gasteiger charge is 2.18. The van der Waals surface area contributed by atoms with Crippen molar-refractivity contribution in [2.45, 2.75) is 27.2 Å². The summed E-state index contributed by atoms with van der Waals surface area (Å²) in [6, 6.07) is 6.40. The van der Waals surface area contributed by atoms with Gasteiger partial charge < -0.3 is 15.6 Å². The summed E-state index contributed by atoms with van der Waals surface area (Å²) in [5, 5.41) is 7.55. The summed E-state index contributed by atoms with van der Waals surface area (Å²) >= 11 is 0. The molecule has 0 atom stereocenters. The normalized spacial score (nSPS) is 12.2. The van der Waals surface area contributed by atoms with Crippen molar-refractivity contribution < 1.29 is 8.42 Å². The molecule has 0 aliphatic rings. The van der Waals surface area contributed by atoms with E-state index < -0.39 is 10.0 Å². The number of aromatic amines is 1. The maximum absolute atomic E-state index is 12.2. The molecule has 0 bridgehead atoms. The van der Waals surface area contributed by atoms with Crippen LogP contribution in [-0.4, -0.2) is 62.6 Å². The van der Waals surface area contributed by atoms with Crippen molar-refractivity contribution in [2.75, 3.05) is 39.0 Å². The Hall–Kier alpha value is -1.33. The van der Waals surface area contributed by atoms with Crippen LogP contribution in [0.4, 0.5) is 0 Å². The van der Waals surface area contributed by atoms with Gasteiger partial charge in [0, 0.05) is 50.3 Å². The highest BCUT2D eigenvalue weighted by molar-refractivity contribution is 14.0. The van der Waals surface area contributed by atoms with Crippen LogP contribution in [0.3, 0.4) is 0 Å². The average molecular weight is 521 g/mol. The highest BCUT2D eigenvalue weighted by atomic mass is 127. The molecule has 158 valence electrons. The third-order valence-electron chi connectivity index (χ3n) is 4.58. The first-order valence-corrected chi connectivity index (χ1v) is 11.0. The minimum atomic E-state index is -3.23. The summed E-state index contributed by atoms with van der Waals surface area (Å²) in [5.41, 5.74) is 3.63. The first kappa shape index (κ1) is 24.7. The monoisotopic (exact) mass is 521 g/mol. The molecule has 0 aliphatic heterocycles. The van der Waals surface area contributed by atoms with E-state index in [0.717, 1.165) is 11.9 Å². The number of nitrogens with one attached hydrogen (secondary N) is 3. The Kier molecular flexibility index (Phi) is 10.3. The van der Waals surface area contributed by atoms with Crippen LogP contribution in [0.2, 0.25) is 0 Å². The lowest BCUT2D eigenvalue weighted by atomic mass is 10.1. The molecule has 2 aromatic rings. The molecule has 0 saturated carbocycles. The largest absolute Gasteiger partial charge is 0.361 e. The van der Waals surface area contributed by atoms with Gasteiger partial charge in [0.2, 0.25) is 10.0 Å². The van der Waals surface area contributed by atoms with Crippen molar-refractivity contribution in [3.8, 4) is 0 Å². The lowest BCUT2D eigenvalue weighted by molar-refractivity contribution is 0.445. The van der Waals surface area contributed by atoms with E-state index >= 15 is 0 Å². The molecule has 0 spiro atoms. The summed E-state index contributed by atoms with van der Waals surface area (Å²) in [6.07, 6.45) is 2.89. The Morgan fingerprint density at radius 2 is 1.86 bits per heavy atom. The number of guanidine groups is 1. The minimum absolute atomic E-state index is 0. The molecule has 0 fully saturated rings. The minimum Gasteiger partial charge on any atom is -0.361 e. The zero-order chi connectivity index (χ0) is 19.9. The summed E-state index contributed by atoms with van der Waals surface area (Å²) in [4.78, 5) is 7.47. The quantitative estimate of drug-likeness (QED) is 0.269. The van der Waals surface area contributed by atoms with Crippen molar-refractivity contribution in [3.05, 3.63) is 35.5 Å². The van der Waals surface area contributed by atoms with Gasteiger partial charge in [0.1, 0.15) is 0 Å². The molecule has 0 amide bonds. The van der Waals surface area contributed by atoms with Gasteiger partial charge in [0.25, 0.3) is 0 Å². The van der Waals surface area contributed by atoms with Gasteiger partial charge >= 0.3 is 0 Å². The molecule has 3 N–H and O–H groups in total. The molecule has 0 unspecified atom stereocenters. The Morgan fingerprint density at radius 1 is 1.18 bits per heavy atom. The van der Waals surface area contributed by atoms with E-state index in [1.165, 1.54) is 20.8 Å². The number of hydrogen-bond donors (Lipinski definition) is 3. The van der Waals surface area contributed by atoms with Gasteiger partial charge in [0.05, 0.1) is 5.75 Å². The fraction of sp³-hybridized carbons (Fsp3) is 0.526. The smallest absolute Gasteiger partial charge is 0.215 e. The van der Waals surface area contributed by atoms with Crippen molar-refractivity contribution >= 4 is 50.9 Å². The van der Waals surface area contributed by atoms with Crippen LogP contribution in [0, 0.1) is 6.92 Å². The van der Waals surface area contributed by atoms with Crippen LogP contribution in [-0.2, 0) is 16.4 Å². The van der Waals surface area contributed by atoms with E-state index in [0.29, 0.717) is 32.1 Å². The number of rotatable bonds is 9. The molecule has 1 aromatic heterocycles. The highest BCUT2D eigenvalue weighted by Crippen LogP contribution is 2.19. The number of aryl methyl sites for hydroxylation is 1.